The Labute approximate surface area is 172 Å². The molecule has 3 aromatic rings. The minimum absolute atomic E-state index is 0.0248. The fourth-order valence-corrected chi connectivity index (χ4v) is 3.88. The summed E-state index contributed by atoms with van der Waals surface area (Å²) in [6.07, 6.45) is 0. The van der Waals surface area contributed by atoms with Crippen molar-refractivity contribution < 1.29 is 24.0 Å². The van der Waals surface area contributed by atoms with E-state index in [9.17, 15) is 19.5 Å². The van der Waals surface area contributed by atoms with Gasteiger partial charge in [0.05, 0.1) is 22.3 Å². The van der Waals surface area contributed by atoms with Gasteiger partial charge in [-0.3, -0.25) is 14.3 Å². The number of carboxylic acid groups (broad SMARTS) is 1. The first kappa shape index (κ1) is 19.2. The second-order valence-electron chi connectivity index (χ2n) is 6.24. The molecule has 2 amide bonds. The quantitative estimate of drug-likeness (QED) is 0.621. The number of hydrogen-bond acceptors (Lipinski definition) is 7. The van der Waals surface area contributed by atoms with Gasteiger partial charge in [0.2, 0.25) is 5.91 Å². The van der Waals surface area contributed by atoms with Crippen molar-refractivity contribution in [3.63, 3.8) is 0 Å². The van der Waals surface area contributed by atoms with E-state index in [1.165, 1.54) is 27.0 Å². The molecule has 150 valence electrons. The van der Waals surface area contributed by atoms with Crippen molar-refractivity contribution in [2.24, 2.45) is 0 Å². The smallest absolute Gasteiger partial charge is 0.356 e. The Bertz CT molecular complexity index is 1100. The molecule has 0 bridgehead atoms. The molecule has 1 aliphatic rings. The van der Waals surface area contributed by atoms with Crippen molar-refractivity contribution in [3.8, 4) is 10.6 Å². The van der Waals surface area contributed by atoms with E-state index in [4.69, 9.17) is 16.1 Å². The molecule has 10 nitrogen and oxygen atoms in total. The van der Waals surface area contributed by atoms with Gasteiger partial charge >= 0.3 is 5.97 Å². The van der Waals surface area contributed by atoms with Gasteiger partial charge in [-0.1, -0.05) is 16.8 Å². The van der Waals surface area contributed by atoms with E-state index in [2.05, 4.69) is 15.6 Å². The number of hydrogen-bond donors (Lipinski definition) is 2. The molecule has 0 saturated carbocycles. The van der Waals surface area contributed by atoms with Crippen LogP contribution in [0.3, 0.4) is 0 Å². The van der Waals surface area contributed by atoms with Crippen LogP contribution in [0.1, 0.15) is 26.7 Å². The summed E-state index contributed by atoms with van der Waals surface area (Å²) in [4.78, 5) is 37.9. The molecular weight excluding hydrogens is 422 g/mol. The summed E-state index contributed by atoms with van der Waals surface area (Å²) in [7, 11) is 0. The number of aromatic nitrogens is 3. The zero-order valence-electron chi connectivity index (χ0n) is 14.8. The Morgan fingerprint density at radius 1 is 1.34 bits per heavy atom. The molecule has 0 radical (unpaired) electrons. The highest BCUT2D eigenvalue weighted by Gasteiger charge is 2.27. The Morgan fingerprint density at radius 2 is 2.17 bits per heavy atom. The number of carbonyl (C=O) groups excluding carboxylic acids is 2. The van der Waals surface area contributed by atoms with Crippen LogP contribution < -0.4 is 5.32 Å². The second-order valence-corrected chi connectivity index (χ2v) is 7.96. The summed E-state index contributed by atoms with van der Waals surface area (Å²) in [6.45, 7) is 0.586. The van der Waals surface area contributed by atoms with Crippen LogP contribution >= 0.6 is 22.9 Å². The maximum absolute atomic E-state index is 12.9. The molecule has 2 N–H and O–H groups in total. The van der Waals surface area contributed by atoms with E-state index < -0.39 is 11.9 Å². The Hall–Kier alpha value is -3.18. The van der Waals surface area contributed by atoms with Crippen molar-refractivity contribution >= 4 is 40.7 Å². The number of carboxylic acids is 1. The predicted molar refractivity (Wildman–Crippen MR) is 102 cm³/mol. The molecule has 0 unspecified atom stereocenters. The first-order valence-corrected chi connectivity index (χ1v) is 9.68. The van der Waals surface area contributed by atoms with Crippen LogP contribution in [0.4, 0.5) is 0 Å². The highest BCUT2D eigenvalue weighted by atomic mass is 35.5. The van der Waals surface area contributed by atoms with Gasteiger partial charge in [0.15, 0.2) is 11.5 Å². The zero-order chi connectivity index (χ0) is 20.5. The van der Waals surface area contributed by atoms with Gasteiger partial charge in [-0.25, -0.2) is 4.79 Å². The van der Waals surface area contributed by atoms with Gasteiger partial charge in [-0.15, -0.1) is 11.3 Å². The van der Waals surface area contributed by atoms with Crippen LogP contribution in [0.25, 0.3) is 10.6 Å². The fourth-order valence-electron chi connectivity index (χ4n) is 2.89. The summed E-state index contributed by atoms with van der Waals surface area (Å²) in [5.41, 5.74) is 0.236. The SMILES string of the molecule is O=C1CN(C(=O)c2cc(C(=O)O)nn2Cc2cc(-c3ccc(Cl)s3)on2)CCN1. The lowest BCUT2D eigenvalue weighted by Gasteiger charge is -2.26. The number of amides is 2. The van der Waals surface area contributed by atoms with Gasteiger partial charge < -0.3 is 19.8 Å². The molecular formula is C17H14ClN5O5S. The van der Waals surface area contributed by atoms with Crippen molar-refractivity contribution in [2.45, 2.75) is 6.54 Å². The van der Waals surface area contributed by atoms with Crippen LogP contribution in [0, 0.1) is 0 Å². The summed E-state index contributed by atoms with van der Waals surface area (Å²) in [5.74, 6) is -1.51. The average molecular weight is 436 g/mol. The van der Waals surface area contributed by atoms with E-state index in [1.807, 2.05) is 0 Å². The van der Waals surface area contributed by atoms with Crippen molar-refractivity contribution in [2.75, 3.05) is 19.6 Å². The van der Waals surface area contributed by atoms with Gasteiger partial charge in [0.1, 0.15) is 11.4 Å². The summed E-state index contributed by atoms with van der Waals surface area (Å²) in [6, 6.07) is 6.40. The summed E-state index contributed by atoms with van der Waals surface area (Å²) >= 11 is 7.26. The van der Waals surface area contributed by atoms with Gasteiger partial charge in [0.25, 0.3) is 5.91 Å². The predicted octanol–water partition coefficient (Wildman–Crippen LogP) is 1.57. The summed E-state index contributed by atoms with van der Waals surface area (Å²) < 4.78 is 7.17. The second kappa shape index (κ2) is 7.68. The number of halogens is 1. The van der Waals surface area contributed by atoms with Gasteiger partial charge in [-0.05, 0) is 12.1 Å². The van der Waals surface area contributed by atoms with Crippen molar-refractivity contribution in [1.82, 2.24) is 25.2 Å². The molecule has 4 heterocycles. The standard InChI is InChI=1S/C17H14ClN5O5S/c18-14-2-1-13(29-14)12-5-9(21-28-12)7-23-11(6-10(20-23)17(26)27)16(25)22-4-3-19-15(24)8-22/h1-2,5-6H,3-4,7-8H2,(H,19,24)(H,26,27). The number of rotatable bonds is 5. The first-order valence-electron chi connectivity index (χ1n) is 8.49. The molecule has 1 fully saturated rings. The van der Waals surface area contributed by atoms with Crippen molar-refractivity contribution in [1.29, 1.82) is 0 Å². The fraction of sp³-hybridized carbons (Fsp3) is 0.235. The lowest BCUT2D eigenvalue weighted by Crippen LogP contribution is -2.50. The molecule has 12 heteroatoms. The van der Waals surface area contributed by atoms with Gasteiger partial charge in [-0.2, -0.15) is 5.10 Å². The number of aromatic carboxylic acids is 1. The molecule has 1 aliphatic heterocycles. The van der Waals surface area contributed by atoms with Crippen LogP contribution in [0.2, 0.25) is 4.34 Å². The lowest BCUT2D eigenvalue weighted by atomic mass is 10.2. The largest absolute Gasteiger partial charge is 0.476 e. The Morgan fingerprint density at radius 3 is 2.86 bits per heavy atom. The number of carbonyl (C=O) groups is 3. The summed E-state index contributed by atoms with van der Waals surface area (Å²) in [5, 5.41) is 19.9. The van der Waals surface area contributed by atoms with Crippen LogP contribution in [-0.2, 0) is 11.3 Å². The highest BCUT2D eigenvalue weighted by Crippen LogP contribution is 2.31. The highest BCUT2D eigenvalue weighted by molar-refractivity contribution is 7.19. The molecule has 4 rings (SSSR count). The van der Waals surface area contributed by atoms with Crippen LogP contribution in [0.5, 0.6) is 0 Å². The number of thiophene rings is 1. The monoisotopic (exact) mass is 435 g/mol. The number of nitrogens with zero attached hydrogens (tertiary/aromatic N) is 4. The van der Waals surface area contributed by atoms with Crippen LogP contribution in [-0.4, -0.2) is 62.4 Å². The molecule has 3 aromatic heterocycles. The van der Waals surface area contributed by atoms with E-state index in [1.54, 1.807) is 18.2 Å². The zero-order valence-corrected chi connectivity index (χ0v) is 16.4. The van der Waals surface area contributed by atoms with Crippen molar-refractivity contribution in [3.05, 3.63) is 45.7 Å². The number of piperazine rings is 1. The molecule has 29 heavy (non-hydrogen) atoms. The molecule has 0 aliphatic carbocycles. The Balaban J connectivity index is 1.61. The van der Waals surface area contributed by atoms with Gasteiger partial charge in [0, 0.05) is 25.2 Å². The van der Waals surface area contributed by atoms with E-state index in [-0.39, 0.29) is 30.4 Å². The van der Waals surface area contributed by atoms with E-state index in [0.717, 1.165) is 4.88 Å². The molecule has 0 aromatic carbocycles. The minimum atomic E-state index is -1.26. The van der Waals surface area contributed by atoms with E-state index >= 15 is 0 Å². The minimum Gasteiger partial charge on any atom is -0.476 e. The third-order valence-electron chi connectivity index (χ3n) is 4.23. The number of nitrogens with one attached hydrogen (secondary N) is 1. The Kier molecular flexibility index (Phi) is 5.07. The maximum atomic E-state index is 12.9. The normalized spacial score (nSPS) is 14.1. The van der Waals surface area contributed by atoms with Crippen LogP contribution in [0.15, 0.2) is 28.8 Å². The molecule has 0 atom stereocenters. The first-order chi connectivity index (χ1) is 13.9. The average Bonchev–Trinajstić information content (AvgIpc) is 3.41. The molecule has 1 saturated heterocycles. The maximum Gasteiger partial charge on any atom is 0.356 e. The third kappa shape index (κ3) is 4.00. The van der Waals surface area contributed by atoms with E-state index in [0.29, 0.717) is 28.9 Å². The lowest BCUT2D eigenvalue weighted by molar-refractivity contribution is -0.123. The topological polar surface area (TPSA) is 131 Å². The third-order valence-corrected chi connectivity index (χ3v) is 5.48. The molecule has 0 spiro atoms.